The van der Waals surface area contributed by atoms with Crippen LogP contribution in [0.15, 0.2) is 0 Å². The molecule has 1 aliphatic rings. The number of unbranched alkanes of at least 4 members (excludes halogenated alkanes) is 2. The smallest absolute Gasteiger partial charge is 0.408 e. The van der Waals surface area contributed by atoms with Gasteiger partial charge in [-0.15, -0.1) is 5.92 Å². The Kier molecular flexibility index (Phi) is 12.7. The van der Waals surface area contributed by atoms with Crippen molar-refractivity contribution in [2.24, 2.45) is 0 Å². The maximum absolute atomic E-state index is 11.8. The number of esters is 1. The third-order valence-electron chi connectivity index (χ3n) is 4.56. The maximum Gasteiger partial charge on any atom is 0.408 e. The van der Waals surface area contributed by atoms with Gasteiger partial charge in [0.15, 0.2) is 0 Å². The van der Waals surface area contributed by atoms with Crippen molar-refractivity contribution >= 4 is 18.0 Å². The molecule has 0 aromatic carbocycles. The summed E-state index contributed by atoms with van der Waals surface area (Å²) in [7, 11) is 0. The molecule has 0 aromatic rings. The molecule has 0 aromatic heterocycles. The zero-order chi connectivity index (χ0) is 23.1. The summed E-state index contributed by atoms with van der Waals surface area (Å²) in [4.78, 5) is 34.8. The standard InChI is InChI=1S/C23H37NO7/c1-23(2,3)31-22(28)24-19(21(26)27)14-10-7-11-15-20(25)30-17-16-29-18-12-8-5-4-6-9-13-18/h18-19H,4-8,10-12,14-17H2,1-3H3,(H,24,28)(H,26,27)/t18?,19-/m0/s1. The van der Waals surface area contributed by atoms with Crippen molar-refractivity contribution in [1.82, 2.24) is 5.32 Å². The van der Waals surface area contributed by atoms with Crippen molar-refractivity contribution in [3.05, 3.63) is 0 Å². The minimum atomic E-state index is -1.11. The number of carbonyl (C=O) groups is 3. The molecule has 1 rings (SSSR count). The van der Waals surface area contributed by atoms with E-state index >= 15 is 0 Å². The SMILES string of the molecule is CC(C)(C)OC(=O)N[C@@H](CCCCCC(=O)OCCOC1C#CCCCCC1)C(=O)O. The molecular formula is C23H37NO7. The number of aliphatic carboxylic acids is 1. The van der Waals surface area contributed by atoms with Gasteiger partial charge in [0.1, 0.15) is 24.4 Å². The molecule has 0 bridgehead atoms. The number of hydrogen-bond donors (Lipinski definition) is 2. The Hall–Kier alpha value is -2.27. The number of amides is 1. The molecule has 0 saturated carbocycles. The van der Waals surface area contributed by atoms with Crippen molar-refractivity contribution in [3.63, 3.8) is 0 Å². The Bertz CT molecular complexity index is 630. The third-order valence-corrected chi connectivity index (χ3v) is 4.56. The van der Waals surface area contributed by atoms with E-state index in [0.29, 0.717) is 25.9 Å². The minimum Gasteiger partial charge on any atom is -0.480 e. The second kappa shape index (κ2) is 14.7. The van der Waals surface area contributed by atoms with Crippen LogP contribution in [-0.2, 0) is 23.8 Å². The molecule has 2 atom stereocenters. The molecule has 2 N–H and O–H groups in total. The second-order valence-corrected chi connectivity index (χ2v) is 8.64. The lowest BCUT2D eigenvalue weighted by atomic mass is 10.1. The van der Waals surface area contributed by atoms with E-state index in [-0.39, 0.29) is 31.5 Å². The summed E-state index contributed by atoms with van der Waals surface area (Å²) in [5.41, 5.74) is -0.693. The summed E-state index contributed by atoms with van der Waals surface area (Å²) in [6.07, 6.45) is 6.77. The molecule has 1 aliphatic carbocycles. The van der Waals surface area contributed by atoms with Crippen molar-refractivity contribution in [1.29, 1.82) is 0 Å². The van der Waals surface area contributed by atoms with Crippen LogP contribution >= 0.6 is 0 Å². The van der Waals surface area contributed by atoms with Crippen LogP contribution in [0.2, 0.25) is 0 Å². The van der Waals surface area contributed by atoms with Gasteiger partial charge in [-0.3, -0.25) is 4.79 Å². The number of carboxylic acid groups (broad SMARTS) is 1. The normalized spacial score (nSPS) is 17.3. The minimum absolute atomic E-state index is 0.0736. The third kappa shape index (κ3) is 14.4. The maximum atomic E-state index is 11.8. The van der Waals surface area contributed by atoms with E-state index in [4.69, 9.17) is 14.2 Å². The largest absolute Gasteiger partial charge is 0.480 e. The van der Waals surface area contributed by atoms with Gasteiger partial charge in [0.25, 0.3) is 0 Å². The first-order valence-corrected chi connectivity index (χ1v) is 11.2. The molecular weight excluding hydrogens is 402 g/mol. The van der Waals surface area contributed by atoms with Crippen LogP contribution in [0.3, 0.4) is 0 Å². The average Bonchev–Trinajstić information content (AvgIpc) is 2.63. The monoisotopic (exact) mass is 439 g/mol. The number of rotatable bonds is 12. The van der Waals surface area contributed by atoms with Crippen LogP contribution in [0.5, 0.6) is 0 Å². The first-order valence-electron chi connectivity index (χ1n) is 11.2. The highest BCUT2D eigenvalue weighted by Crippen LogP contribution is 2.12. The molecule has 0 aliphatic heterocycles. The molecule has 31 heavy (non-hydrogen) atoms. The van der Waals surface area contributed by atoms with Gasteiger partial charge >= 0.3 is 18.0 Å². The predicted molar refractivity (Wildman–Crippen MR) is 115 cm³/mol. The molecule has 176 valence electrons. The highest BCUT2D eigenvalue weighted by Gasteiger charge is 2.23. The molecule has 0 heterocycles. The number of carbonyl (C=O) groups excluding carboxylic acids is 2. The van der Waals surface area contributed by atoms with Crippen LogP contribution in [-0.4, -0.2) is 54.1 Å². The Balaban J connectivity index is 2.12. The lowest BCUT2D eigenvalue weighted by molar-refractivity contribution is -0.145. The van der Waals surface area contributed by atoms with E-state index in [2.05, 4.69) is 17.2 Å². The van der Waals surface area contributed by atoms with Crippen LogP contribution in [0.25, 0.3) is 0 Å². The Morgan fingerprint density at radius 1 is 1.10 bits per heavy atom. The summed E-state index contributed by atoms with van der Waals surface area (Å²) in [6, 6.07) is -1.02. The van der Waals surface area contributed by atoms with E-state index in [1.165, 1.54) is 6.42 Å². The number of ether oxygens (including phenoxy) is 3. The zero-order valence-electron chi connectivity index (χ0n) is 19.0. The fourth-order valence-electron chi connectivity index (χ4n) is 3.02. The first-order chi connectivity index (χ1) is 14.7. The summed E-state index contributed by atoms with van der Waals surface area (Å²) >= 11 is 0. The van der Waals surface area contributed by atoms with E-state index in [9.17, 15) is 19.5 Å². The second-order valence-electron chi connectivity index (χ2n) is 8.64. The Morgan fingerprint density at radius 2 is 1.87 bits per heavy atom. The Labute approximate surface area is 185 Å². The summed E-state index contributed by atoms with van der Waals surface area (Å²) in [5.74, 6) is 4.81. The fourth-order valence-corrected chi connectivity index (χ4v) is 3.02. The van der Waals surface area contributed by atoms with Crippen molar-refractivity contribution in [3.8, 4) is 11.8 Å². The van der Waals surface area contributed by atoms with Crippen molar-refractivity contribution < 1.29 is 33.7 Å². The number of nitrogens with one attached hydrogen (secondary N) is 1. The van der Waals surface area contributed by atoms with Crippen LogP contribution < -0.4 is 5.32 Å². The lowest BCUT2D eigenvalue weighted by Gasteiger charge is -2.22. The van der Waals surface area contributed by atoms with E-state index in [1.807, 2.05) is 0 Å². The molecule has 1 amide bonds. The number of hydrogen-bond acceptors (Lipinski definition) is 6. The molecule has 0 saturated heterocycles. The molecule has 0 fully saturated rings. The van der Waals surface area contributed by atoms with Gasteiger partial charge in [0.2, 0.25) is 0 Å². The quantitative estimate of drug-likeness (QED) is 0.270. The van der Waals surface area contributed by atoms with Crippen molar-refractivity contribution in [2.75, 3.05) is 13.2 Å². The van der Waals surface area contributed by atoms with Crippen LogP contribution in [0.1, 0.15) is 85.0 Å². The van der Waals surface area contributed by atoms with Crippen LogP contribution in [0, 0.1) is 11.8 Å². The number of alkyl carbamates (subject to hydrolysis) is 1. The molecule has 8 heteroatoms. The molecule has 1 unspecified atom stereocenters. The summed E-state index contributed by atoms with van der Waals surface area (Å²) in [5, 5.41) is 11.6. The molecule has 8 nitrogen and oxygen atoms in total. The highest BCUT2D eigenvalue weighted by molar-refractivity contribution is 5.79. The molecule has 0 radical (unpaired) electrons. The van der Waals surface area contributed by atoms with Gasteiger partial charge < -0.3 is 24.6 Å². The van der Waals surface area contributed by atoms with Gasteiger partial charge in [-0.2, -0.15) is 0 Å². The van der Waals surface area contributed by atoms with Gasteiger partial charge in [-0.05, 0) is 52.9 Å². The van der Waals surface area contributed by atoms with Crippen molar-refractivity contribution in [2.45, 2.75) is 103 Å². The van der Waals surface area contributed by atoms with E-state index in [1.54, 1.807) is 20.8 Å². The average molecular weight is 440 g/mol. The molecule has 0 spiro atoms. The van der Waals surface area contributed by atoms with E-state index < -0.39 is 23.7 Å². The number of carboxylic acids is 1. The van der Waals surface area contributed by atoms with Gasteiger partial charge in [0.05, 0.1) is 6.61 Å². The van der Waals surface area contributed by atoms with Gasteiger partial charge in [-0.1, -0.05) is 25.2 Å². The fraction of sp³-hybridized carbons (Fsp3) is 0.783. The lowest BCUT2D eigenvalue weighted by Crippen LogP contribution is -2.43. The summed E-state index contributed by atoms with van der Waals surface area (Å²) < 4.78 is 15.9. The van der Waals surface area contributed by atoms with Crippen LogP contribution in [0.4, 0.5) is 4.79 Å². The van der Waals surface area contributed by atoms with Gasteiger partial charge in [-0.25, -0.2) is 9.59 Å². The zero-order valence-corrected chi connectivity index (χ0v) is 19.0. The first kappa shape index (κ1) is 26.8. The predicted octanol–water partition coefficient (Wildman–Crippen LogP) is 3.81. The van der Waals surface area contributed by atoms with Gasteiger partial charge in [0, 0.05) is 12.8 Å². The summed E-state index contributed by atoms with van der Waals surface area (Å²) in [6.45, 7) is 5.67. The highest BCUT2D eigenvalue weighted by atomic mass is 16.6. The van der Waals surface area contributed by atoms with E-state index in [0.717, 1.165) is 25.7 Å². The topological polar surface area (TPSA) is 111 Å². The Morgan fingerprint density at radius 3 is 2.58 bits per heavy atom.